The molecule has 176 valence electrons. The molecule has 0 unspecified atom stereocenters. The van der Waals surface area contributed by atoms with Gasteiger partial charge in [0.25, 0.3) is 5.91 Å². The second-order valence-electron chi connectivity index (χ2n) is 8.36. The summed E-state index contributed by atoms with van der Waals surface area (Å²) in [5.41, 5.74) is 8.50. The molecule has 0 aliphatic rings. The summed E-state index contributed by atoms with van der Waals surface area (Å²) in [5.74, 6) is -1.99. The van der Waals surface area contributed by atoms with E-state index in [4.69, 9.17) is 5.73 Å². The van der Waals surface area contributed by atoms with Crippen LogP contribution in [-0.2, 0) is 25.9 Å². The maximum absolute atomic E-state index is 15.4. The van der Waals surface area contributed by atoms with Gasteiger partial charge in [0.2, 0.25) is 0 Å². The van der Waals surface area contributed by atoms with Gasteiger partial charge in [-0.25, -0.2) is 4.39 Å². The molecule has 1 aromatic heterocycles. The van der Waals surface area contributed by atoms with E-state index >= 15 is 4.39 Å². The number of aliphatic hydroxyl groups is 1. The van der Waals surface area contributed by atoms with Crippen molar-refractivity contribution < 1.29 is 14.3 Å². The van der Waals surface area contributed by atoms with E-state index in [1.165, 1.54) is 6.07 Å². The number of aromatic nitrogens is 2. The normalized spacial score (nSPS) is 13.1. The number of carbonyl (C=O) groups excluding carboxylic acids is 1. The van der Waals surface area contributed by atoms with Crippen LogP contribution in [-0.4, -0.2) is 33.4 Å². The van der Waals surface area contributed by atoms with Gasteiger partial charge in [-0.15, -0.1) is 0 Å². The van der Waals surface area contributed by atoms with E-state index in [1.54, 1.807) is 12.3 Å². The summed E-state index contributed by atoms with van der Waals surface area (Å²) in [6.07, 6.45) is 4.84. The number of amides is 1. The average Bonchev–Trinajstić information content (AvgIpc) is 3.27. The average molecular weight is 453 g/mol. The van der Waals surface area contributed by atoms with Crippen LogP contribution in [0.25, 0.3) is 0 Å². The molecule has 0 bridgehead atoms. The molecular formula is C26H33FN4O2. The largest absolute Gasteiger partial charge is 0.391 e. The van der Waals surface area contributed by atoms with Crippen LogP contribution in [0.4, 0.5) is 4.39 Å². The maximum atomic E-state index is 15.4. The van der Waals surface area contributed by atoms with Crippen molar-refractivity contribution in [3.8, 4) is 0 Å². The van der Waals surface area contributed by atoms with Crippen LogP contribution >= 0.6 is 0 Å². The van der Waals surface area contributed by atoms with E-state index in [2.05, 4.69) is 10.4 Å². The first-order valence-corrected chi connectivity index (χ1v) is 11.5. The Morgan fingerprint density at radius 3 is 2.58 bits per heavy atom. The maximum Gasteiger partial charge on any atom is 0.251 e. The molecule has 3 rings (SSSR count). The highest BCUT2D eigenvalue weighted by molar-refractivity contribution is 5.93. The van der Waals surface area contributed by atoms with Gasteiger partial charge in [-0.3, -0.25) is 9.48 Å². The second-order valence-corrected chi connectivity index (χ2v) is 8.36. The number of halogens is 1. The molecule has 2 aromatic carbocycles. The van der Waals surface area contributed by atoms with Gasteiger partial charge in [-0.2, -0.15) is 5.10 Å². The SMILES string of the molecule is CCCc1cc(C(N)=O)c(F)c([C@H](Cc2ccccc2)[C@@H](O)CNCc2cnn(CC)c2)c1. The Kier molecular flexibility index (Phi) is 8.74. The molecule has 1 heterocycles. The summed E-state index contributed by atoms with van der Waals surface area (Å²) in [7, 11) is 0. The third kappa shape index (κ3) is 6.49. The van der Waals surface area contributed by atoms with E-state index < -0.39 is 23.7 Å². The zero-order chi connectivity index (χ0) is 23.8. The van der Waals surface area contributed by atoms with Crippen LogP contribution in [0.3, 0.4) is 0 Å². The van der Waals surface area contributed by atoms with Gasteiger partial charge in [0.15, 0.2) is 0 Å². The quantitative estimate of drug-likeness (QED) is 0.392. The predicted octanol–water partition coefficient (Wildman–Crippen LogP) is 3.57. The van der Waals surface area contributed by atoms with Crippen molar-refractivity contribution in [1.29, 1.82) is 0 Å². The van der Waals surface area contributed by atoms with E-state index in [-0.39, 0.29) is 12.1 Å². The van der Waals surface area contributed by atoms with Crippen LogP contribution in [0.15, 0.2) is 54.9 Å². The number of hydrogen-bond acceptors (Lipinski definition) is 4. The molecule has 0 fully saturated rings. The molecule has 0 saturated heterocycles. The summed E-state index contributed by atoms with van der Waals surface area (Å²) in [5, 5.41) is 18.7. The van der Waals surface area contributed by atoms with Crippen LogP contribution in [0, 0.1) is 5.82 Å². The first-order chi connectivity index (χ1) is 15.9. The number of hydrogen-bond donors (Lipinski definition) is 3. The molecule has 1 amide bonds. The van der Waals surface area contributed by atoms with Crippen molar-refractivity contribution >= 4 is 5.91 Å². The molecular weight excluding hydrogens is 419 g/mol. The number of aliphatic hydroxyl groups excluding tert-OH is 1. The van der Waals surface area contributed by atoms with E-state index in [1.807, 2.05) is 55.1 Å². The summed E-state index contributed by atoms with van der Waals surface area (Å²) >= 11 is 0. The van der Waals surface area contributed by atoms with Crippen LogP contribution < -0.4 is 11.1 Å². The lowest BCUT2D eigenvalue weighted by Crippen LogP contribution is -2.33. The first-order valence-electron chi connectivity index (χ1n) is 11.5. The monoisotopic (exact) mass is 452 g/mol. The van der Waals surface area contributed by atoms with Crippen molar-refractivity contribution in [2.45, 2.75) is 58.2 Å². The van der Waals surface area contributed by atoms with Crippen molar-refractivity contribution in [2.75, 3.05) is 6.54 Å². The van der Waals surface area contributed by atoms with E-state index in [0.29, 0.717) is 24.9 Å². The van der Waals surface area contributed by atoms with Gasteiger partial charge in [0.05, 0.1) is 17.9 Å². The molecule has 0 aliphatic carbocycles. The summed E-state index contributed by atoms with van der Waals surface area (Å²) in [4.78, 5) is 11.9. The van der Waals surface area contributed by atoms with Crippen molar-refractivity contribution in [3.63, 3.8) is 0 Å². The summed E-state index contributed by atoms with van der Waals surface area (Å²) in [6.45, 7) is 5.63. The Labute approximate surface area is 194 Å². The minimum absolute atomic E-state index is 0.124. The molecule has 7 heteroatoms. The minimum atomic E-state index is -0.876. The first kappa shape index (κ1) is 24.6. The van der Waals surface area contributed by atoms with Gasteiger partial charge < -0.3 is 16.2 Å². The van der Waals surface area contributed by atoms with Gasteiger partial charge in [0, 0.05) is 37.3 Å². The lowest BCUT2D eigenvalue weighted by Gasteiger charge is -2.26. The Balaban J connectivity index is 1.88. The third-order valence-corrected chi connectivity index (χ3v) is 5.82. The number of aryl methyl sites for hydroxylation is 2. The van der Waals surface area contributed by atoms with Gasteiger partial charge in [0.1, 0.15) is 5.82 Å². The topological polar surface area (TPSA) is 93.2 Å². The molecule has 0 radical (unpaired) electrons. The third-order valence-electron chi connectivity index (χ3n) is 5.82. The number of primary amides is 1. The number of nitrogens with zero attached hydrogens (tertiary/aromatic N) is 2. The number of nitrogens with one attached hydrogen (secondary N) is 1. The number of rotatable bonds is 12. The highest BCUT2D eigenvalue weighted by Crippen LogP contribution is 2.30. The second kappa shape index (κ2) is 11.7. The Morgan fingerprint density at radius 1 is 1.18 bits per heavy atom. The summed E-state index contributed by atoms with van der Waals surface area (Å²) < 4.78 is 17.3. The molecule has 2 atom stereocenters. The van der Waals surface area contributed by atoms with Crippen LogP contribution in [0.5, 0.6) is 0 Å². The standard InChI is InChI=1S/C26H33FN4O2/c1-3-8-19-12-22(25(27)23(13-19)26(28)33)21(11-18-9-6-5-7-10-18)24(32)16-29-14-20-15-30-31(4-2)17-20/h5-7,9-10,12-13,15,17,21,24,29,32H,3-4,8,11,14,16H2,1-2H3,(H2,28,33)/t21-,24-/m0/s1. The molecule has 4 N–H and O–H groups in total. The fourth-order valence-corrected chi connectivity index (χ4v) is 4.09. The molecule has 0 saturated carbocycles. The minimum Gasteiger partial charge on any atom is -0.391 e. The molecule has 6 nitrogen and oxygen atoms in total. The van der Waals surface area contributed by atoms with Crippen molar-refractivity contribution in [2.24, 2.45) is 5.73 Å². The van der Waals surface area contributed by atoms with Crippen LogP contribution in [0.1, 0.15) is 58.8 Å². The Morgan fingerprint density at radius 2 is 1.94 bits per heavy atom. The Hall–Kier alpha value is -3.03. The zero-order valence-corrected chi connectivity index (χ0v) is 19.3. The van der Waals surface area contributed by atoms with E-state index in [0.717, 1.165) is 29.7 Å². The smallest absolute Gasteiger partial charge is 0.251 e. The lowest BCUT2D eigenvalue weighted by atomic mass is 9.84. The number of nitrogens with two attached hydrogens (primary N) is 1. The number of benzene rings is 2. The Bertz CT molecular complexity index is 1050. The van der Waals surface area contributed by atoms with Gasteiger partial charge in [-0.05, 0) is 42.5 Å². The molecule has 0 spiro atoms. The zero-order valence-electron chi connectivity index (χ0n) is 19.3. The molecule has 0 aliphatic heterocycles. The van der Waals surface area contributed by atoms with Crippen molar-refractivity contribution in [3.05, 3.63) is 88.5 Å². The predicted molar refractivity (Wildman–Crippen MR) is 127 cm³/mol. The lowest BCUT2D eigenvalue weighted by molar-refractivity contribution is 0.0994. The fourth-order valence-electron chi connectivity index (χ4n) is 4.09. The highest BCUT2D eigenvalue weighted by atomic mass is 19.1. The van der Waals surface area contributed by atoms with Gasteiger partial charge >= 0.3 is 0 Å². The molecule has 3 aromatic rings. The fraction of sp³-hybridized carbons (Fsp3) is 0.385. The van der Waals surface area contributed by atoms with Gasteiger partial charge in [-0.1, -0.05) is 49.7 Å². The summed E-state index contributed by atoms with van der Waals surface area (Å²) in [6, 6.07) is 13.0. The molecule has 33 heavy (non-hydrogen) atoms. The van der Waals surface area contributed by atoms with Crippen LogP contribution in [0.2, 0.25) is 0 Å². The van der Waals surface area contributed by atoms with Crippen molar-refractivity contribution in [1.82, 2.24) is 15.1 Å². The van der Waals surface area contributed by atoms with E-state index in [9.17, 15) is 9.90 Å². The highest BCUT2D eigenvalue weighted by Gasteiger charge is 2.27. The number of carbonyl (C=O) groups is 1.